The van der Waals surface area contributed by atoms with Crippen LogP contribution in [0.2, 0.25) is 0 Å². The second kappa shape index (κ2) is 29.4. The summed E-state index contributed by atoms with van der Waals surface area (Å²) >= 11 is 0. The van der Waals surface area contributed by atoms with Crippen LogP contribution in [0.25, 0.3) is 0 Å². The molecule has 0 aliphatic heterocycles. The van der Waals surface area contributed by atoms with E-state index in [4.69, 9.17) is 4.99 Å². The molecular weight excluding hydrogens is 600 g/mol. The van der Waals surface area contributed by atoms with Gasteiger partial charge < -0.3 is 0 Å². The van der Waals surface area contributed by atoms with E-state index in [0.29, 0.717) is 19.0 Å². The van der Waals surface area contributed by atoms with Crippen LogP contribution >= 0.6 is 0 Å². The third-order valence-electron chi connectivity index (χ3n) is 11.0. The summed E-state index contributed by atoms with van der Waals surface area (Å²) < 4.78 is 0. The Morgan fingerprint density at radius 2 is 0.958 bits per heavy atom. The van der Waals surface area contributed by atoms with E-state index in [1.54, 1.807) is 12.2 Å². The second-order valence-corrected chi connectivity index (χ2v) is 14.4. The highest BCUT2D eigenvalue weighted by atomic mass is 16.1. The standard InChI is InChI=1S/C40H68N4O4/c1-3-5-7-16-22-29-40(44-36-48)38(26-20-15-11-9-13-18-24-32-42-34-46)37(25-19-14-10-8-12-17-23-31-41-33-45)27-30-39(40,43-35-47)28-21-6-4-2/h37-38H,3-32H2,1-2H3. The fourth-order valence-corrected chi connectivity index (χ4v) is 8.45. The van der Waals surface area contributed by atoms with Crippen LogP contribution in [0.5, 0.6) is 0 Å². The monoisotopic (exact) mass is 669 g/mol. The van der Waals surface area contributed by atoms with E-state index in [0.717, 1.165) is 116 Å². The van der Waals surface area contributed by atoms with Crippen molar-refractivity contribution in [3.8, 4) is 0 Å². The van der Waals surface area contributed by atoms with Crippen molar-refractivity contribution in [2.75, 3.05) is 13.1 Å². The van der Waals surface area contributed by atoms with Crippen molar-refractivity contribution < 1.29 is 19.2 Å². The maximum Gasteiger partial charge on any atom is 0.235 e. The molecule has 0 aromatic carbocycles. The van der Waals surface area contributed by atoms with Gasteiger partial charge in [0.25, 0.3) is 0 Å². The van der Waals surface area contributed by atoms with E-state index in [2.05, 4.69) is 34.9 Å². The van der Waals surface area contributed by atoms with Crippen LogP contribution in [0.1, 0.15) is 194 Å². The zero-order valence-corrected chi connectivity index (χ0v) is 30.8. The van der Waals surface area contributed by atoms with Gasteiger partial charge in [-0.3, -0.25) is 0 Å². The second-order valence-electron chi connectivity index (χ2n) is 14.4. The average Bonchev–Trinajstić information content (AvgIpc) is 3.09. The number of nitrogens with zero attached hydrogens (tertiary/aromatic N) is 4. The van der Waals surface area contributed by atoms with Gasteiger partial charge in [-0.15, -0.1) is 0 Å². The molecule has 0 N–H and O–H groups in total. The van der Waals surface area contributed by atoms with Crippen LogP contribution < -0.4 is 0 Å². The molecule has 8 heteroatoms. The molecule has 0 heterocycles. The van der Waals surface area contributed by atoms with Crippen LogP contribution in [0.15, 0.2) is 20.0 Å². The van der Waals surface area contributed by atoms with Crippen molar-refractivity contribution in [3.05, 3.63) is 0 Å². The third kappa shape index (κ3) is 16.8. The van der Waals surface area contributed by atoms with Crippen molar-refractivity contribution in [2.24, 2.45) is 31.8 Å². The minimum Gasteiger partial charge on any atom is -0.211 e. The van der Waals surface area contributed by atoms with Crippen LogP contribution in [-0.4, -0.2) is 48.5 Å². The zero-order chi connectivity index (χ0) is 35.0. The van der Waals surface area contributed by atoms with Gasteiger partial charge >= 0.3 is 0 Å². The number of hydrogen-bond acceptors (Lipinski definition) is 8. The summed E-state index contributed by atoms with van der Waals surface area (Å²) in [4.78, 5) is 61.9. The average molecular weight is 669 g/mol. The van der Waals surface area contributed by atoms with Gasteiger partial charge in [-0.2, -0.15) is 9.98 Å². The van der Waals surface area contributed by atoms with Crippen molar-refractivity contribution in [1.82, 2.24) is 0 Å². The Labute approximate surface area is 292 Å². The van der Waals surface area contributed by atoms with E-state index >= 15 is 0 Å². The summed E-state index contributed by atoms with van der Waals surface area (Å²) in [5, 5.41) is 0. The normalized spacial score (nSPS) is 21.8. The number of unbranched alkanes of at least 4 members (excludes halogenated alkanes) is 18. The Morgan fingerprint density at radius 1 is 0.500 bits per heavy atom. The Bertz CT molecular complexity index is 1010. The Kier molecular flexibility index (Phi) is 26.7. The fraction of sp³-hybridized carbons (Fsp3) is 0.900. The Morgan fingerprint density at radius 3 is 1.50 bits per heavy atom. The van der Waals surface area contributed by atoms with Gasteiger partial charge in [-0.1, -0.05) is 149 Å². The molecule has 272 valence electrons. The van der Waals surface area contributed by atoms with Crippen LogP contribution in [-0.2, 0) is 19.2 Å². The van der Waals surface area contributed by atoms with E-state index in [9.17, 15) is 19.2 Å². The molecule has 1 saturated carbocycles. The highest BCUT2D eigenvalue weighted by Crippen LogP contribution is 2.56. The third-order valence-corrected chi connectivity index (χ3v) is 11.0. The van der Waals surface area contributed by atoms with Crippen LogP contribution in [0, 0.1) is 11.8 Å². The first kappa shape index (κ1) is 43.5. The van der Waals surface area contributed by atoms with Crippen molar-refractivity contribution in [2.45, 2.75) is 205 Å². The predicted octanol–water partition coefficient (Wildman–Crippen LogP) is 11.0. The van der Waals surface area contributed by atoms with Gasteiger partial charge in [0.2, 0.25) is 24.3 Å². The largest absolute Gasteiger partial charge is 0.235 e. The number of isocyanates is 4. The molecule has 0 aromatic heterocycles. The quantitative estimate of drug-likeness (QED) is 0.0402. The predicted molar refractivity (Wildman–Crippen MR) is 195 cm³/mol. The molecule has 1 fully saturated rings. The first-order valence-electron chi connectivity index (χ1n) is 19.9. The first-order chi connectivity index (χ1) is 23.6. The summed E-state index contributed by atoms with van der Waals surface area (Å²) in [5.41, 5.74) is -1.37. The van der Waals surface area contributed by atoms with E-state index in [1.165, 1.54) is 64.2 Å². The molecule has 0 bridgehead atoms. The molecule has 4 atom stereocenters. The molecule has 1 rings (SSSR count). The molecule has 0 amide bonds. The minimum atomic E-state index is -0.696. The zero-order valence-electron chi connectivity index (χ0n) is 30.8. The number of hydrogen-bond donors (Lipinski definition) is 0. The lowest BCUT2D eigenvalue weighted by atomic mass is 9.53. The Balaban J connectivity index is 3.14. The van der Waals surface area contributed by atoms with Gasteiger partial charge in [0.15, 0.2) is 0 Å². The SMILES string of the molecule is CCCCCCCC1(N=C=O)C(CCCCCCCCCN=C=O)C(CCCCCCCCCN=C=O)CCC1(CCCCC)N=C=O. The van der Waals surface area contributed by atoms with Gasteiger partial charge in [0.05, 0.1) is 18.6 Å². The molecule has 0 spiro atoms. The number of aliphatic imine (C=N–C) groups is 4. The first-order valence-corrected chi connectivity index (χ1v) is 19.9. The molecule has 1 aliphatic carbocycles. The number of carbonyl (C=O) groups excluding carboxylic acids is 4. The fourth-order valence-electron chi connectivity index (χ4n) is 8.45. The molecule has 1 aliphatic rings. The topological polar surface area (TPSA) is 118 Å². The lowest BCUT2D eigenvalue weighted by Crippen LogP contribution is -2.61. The molecule has 8 nitrogen and oxygen atoms in total. The van der Waals surface area contributed by atoms with Crippen LogP contribution in [0.3, 0.4) is 0 Å². The number of rotatable bonds is 32. The highest BCUT2D eigenvalue weighted by Gasteiger charge is 2.60. The lowest BCUT2D eigenvalue weighted by molar-refractivity contribution is 0.0114. The minimum absolute atomic E-state index is 0.206. The van der Waals surface area contributed by atoms with E-state index in [-0.39, 0.29) is 5.92 Å². The molecule has 0 radical (unpaired) electrons. The molecule has 0 saturated heterocycles. The van der Waals surface area contributed by atoms with Gasteiger partial charge in [0, 0.05) is 0 Å². The maximum atomic E-state index is 12.4. The van der Waals surface area contributed by atoms with E-state index in [1.807, 2.05) is 6.08 Å². The molecule has 4 unspecified atom stereocenters. The summed E-state index contributed by atoms with van der Waals surface area (Å²) in [6.45, 7) is 5.58. The van der Waals surface area contributed by atoms with Gasteiger partial charge in [-0.25, -0.2) is 29.2 Å². The summed E-state index contributed by atoms with van der Waals surface area (Å²) in [5.74, 6) is 0.663. The van der Waals surface area contributed by atoms with Crippen molar-refractivity contribution in [1.29, 1.82) is 0 Å². The highest BCUT2D eigenvalue weighted by molar-refractivity contribution is 5.41. The van der Waals surface area contributed by atoms with E-state index < -0.39 is 11.1 Å². The van der Waals surface area contributed by atoms with Crippen molar-refractivity contribution >= 4 is 24.3 Å². The summed E-state index contributed by atoms with van der Waals surface area (Å²) in [6.07, 6.45) is 37.4. The maximum absolute atomic E-state index is 12.4. The Hall–Kier alpha value is -2.48. The summed E-state index contributed by atoms with van der Waals surface area (Å²) in [6, 6.07) is 0. The van der Waals surface area contributed by atoms with Crippen molar-refractivity contribution in [3.63, 3.8) is 0 Å². The lowest BCUT2D eigenvalue weighted by Gasteiger charge is -2.55. The molecule has 48 heavy (non-hydrogen) atoms. The van der Waals surface area contributed by atoms with Gasteiger partial charge in [0.1, 0.15) is 5.54 Å². The summed E-state index contributed by atoms with van der Waals surface area (Å²) in [7, 11) is 0. The smallest absolute Gasteiger partial charge is 0.211 e. The molecular formula is C40H68N4O4. The van der Waals surface area contributed by atoms with Crippen LogP contribution in [0.4, 0.5) is 0 Å². The molecule has 0 aromatic rings. The van der Waals surface area contributed by atoms with Gasteiger partial charge in [-0.05, 0) is 56.8 Å².